The van der Waals surface area contributed by atoms with E-state index in [9.17, 15) is 0 Å². The first-order valence-electron chi connectivity index (χ1n) is 5.70. The summed E-state index contributed by atoms with van der Waals surface area (Å²) in [6.45, 7) is 6.61. The maximum Gasteiger partial charge on any atom is 0.0331 e. The minimum atomic E-state index is 0.544. The molecular weight excluding hydrogens is 204 g/mol. The highest BCUT2D eigenvalue weighted by molar-refractivity contribution is 7.07. The Hall–Kier alpha value is -0.380. The molecule has 0 radical (unpaired) electrons. The molecule has 0 saturated carbocycles. The molecule has 1 saturated heterocycles. The van der Waals surface area contributed by atoms with Crippen LogP contribution in [0.1, 0.15) is 31.9 Å². The number of thiophene rings is 1. The molecule has 2 N–H and O–H groups in total. The molecule has 1 aliphatic heterocycles. The van der Waals surface area contributed by atoms with Gasteiger partial charge in [0, 0.05) is 18.6 Å². The Morgan fingerprint density at radius 3 is 3.00 bits per heavy atom. The van der Waals surface area contributed by atoms with Crippen LogP contribution in [-0.4, -0.2) is 24.0 Å². The number of nitrogens with zero attached hydrogens (tertiary/aromatic N) is 1. The predicted octanol–water partition coefficient (Wildman–Crippen LogP) is 2.48. The summed E-state index contributed by atoms with van der Waals surface area (Å²) >= 11 is 1.78. The van der Waals surface area contributed by atoms with Crippen molar-refractivity contribution in [1.29, 1.82) is 0 Å². The van der Waals surface area contributed by atoms with Crippen LogP contribution in [0.3, 0.4) is 0 Å². The van der Waals surface area contributed by atoms with E-state index in [1.54, 1.807) is 11.3 Å². The fraction of sp³-hybridized carbons (Fsp3) is 0.667. The lowest BCUT2D eigenvalue weighted by molar-refractivity contribution is 0.201. The van der Waals surface area contributed by atoms with Crippen LogP contribution in [0.15, 0.2) is 16.8 Å². The summed E-state index contributed by atoms with van der Waals surface area (Å²) in [5, 5.41) is 4.42. The number of rotatable bonds is 3. The molecule has 3 unspecified atom stereocenters. The Kier molecular flexibility index (Phi) is 3.44. The number of hydrogen-bond acceptors (Lipinski definition) is 3. The number of hydrogen-bond donors (Lipinski definition) is 1. The van der Waals surface area contributed by atoms with Crippen LogP contribution in [-0.2, 0) is 0 Å². The highest BCUT2D eigenvalue weighted by Crippen LogP contribution is 2.32. The van der Waals surface area contributed by atoms with E-state index in [0.29, 0.717) is 18.0 Å². The van der Waals surface area contributed by atoms with Gasteiger partial charge >= 0.3 is 0 Å². The highest BCUT2D eigenvalue weighted by Gasteiger charge is 2.31. The van der Waals surface area contributed by atoms with Crippen LogP contribution in [0.4, 0.5) is 0 Å². The third-order valence-electron chi connectivity index (χ3n) is 3.57. The Labute approximate surface area is 96.1 Å². The second-order valence-electron chi connectivity index (χ2n) is 4.62. The molecule has 0 bridgehead atoms. The van der Waals surface area contributed by atoms with Gasteiger partial charge in [0.15, 0.2) is 0 Å². The van der Waals surface area contributed by atoms with E-state index in [1.165, 1.54) is 12.0 Å². The summed E-state index contributed by atoms with van der Waals surface area (Å²) < 4.78 is 0. The standard InChI is InChI=1S/C12H20N2S/c1-9-5-11(6-13)7-14(9)10(2)12-3-4-15-8-12/h3-4,8-11H,5-7,13H2,1-2H3. The molecule has 2 rings (SSSR count). The second kappa shape index (κ2) is 4.64. The molecule has 2 heterocycles. The van der Waals surface area contributed by atoms with Crippen molar-refractivity contribution in [3.05, 3.63) is 22.4 Å². The Morgan fingerprint density at radius 1 is 1.67 bits per heavy atom. The molecule has 0 aliphatic carbocycles. The van der Waals surface area contributed by atoms with Crippen LogP contribution in [0, 0.1) is 5.92 Å². The minimum Gasteiger partial charge on any atom is -0.330 e. The monoisotopic (exact) mass is 224 g/mol. The number of likely N-dealkylation sites (tertiary alicyclic amines) is 1. The molecule has 1 fully saturated rings. The van der Waals surface area contributed by atoms with Gasteiger partial charge in [-0.25, -0.2) is 0 Å². The van der Waals surface area contributed by atoms with Crippen molar-refractivity contribution in [3.63, 3.8) is 0 Å². The van der Waals surface area contributed by atoms with Crippen LogP contribution < -0.4 is 5.73 Å². The smallest absolute Gasteiger partial charge is 0.0331 e. The third-order valence-corrected chi connectivity index (χ3v) is 4.27. The first kappa shape index (κ1) is 11.1. The van der Waals surface area contributed by atoms with Gasteiger partial charge < -0.3 is 5.73 Å². The number of nitrogens with two attached hydrogens (primary N) is 1. The average Bonchev–Trinajstić information content (AvgIpc) is 2.85. The van der Waals surface area contributed by atoms with Crippen molar-refractivity contribution in [2.45, 2.75) is 32.4 Å². The van der Waals surface area contributed by atoms with Gasteiger partial charge in [-0.1, -0.05) is 0 Å². The quantitative estimate of drug-likeness (QED) is 0.854. The van der Waals surface area contributed by atoms with E-state index in [-0.39, 0.29) is 0 Å². The first-order valence-corrected chi connectivity index (χ1v) is 6.64. The van der Waals surface area contributed by atoms with E-state index in [0.717, 1.165) is 13.1 Å². The molecule has 2 nitrogen and oxygen atoms in total. The van der Waals surface area contributed by atoms with Gasteiger partial charge in [0.1, 0.15) is 0 Å². The van der Waals surface area contributed by atoms with E-state index in [2.05, 4.69) is 35.6 Å². The zero-order valence-corrected chi connectivity index (χ0v) is 10.3. The van der Waals surface area contributed by atoms with Gasteiger partial charge in [-0.15, -0.1) is 0 Å². The van der Waals surface area contributed by atoms with Gasteiger partial charge in [-0.2, -0.15) is 11.3 Å². The molecular formula is C12H20N2S. The Morgan fingerprint density at radius 2 is 2.47 bits per heavy atom. The predicted molar refractivity (Wildman–Crippen MR) is 66.1 cm³/mol. The zero-order valence-electron chi connectivity index (χ0n) is 9.52. The van der Waals surface area contributed by atoms with Crippen LogP contribution in [0.5, 0.6) is 0 Å². The molecule has 1 aromatic rings. The Bertz CT molecular complexity index is 297. The SMILES string of the molecule is CC1CC(CN)CN1C(C)c1ccsc1. The molecule has 15 heavy (non-hydrogen) atoms. The second-order valence-corrected chi connectivity index (χ2v) is 5.40. The topological polar surface area (TPSA) is 29.3 Å². The molecule has 0 amide bonds. The maximum atomic E-state index is 5.75. The van der Waals surface area contributed by atoms with Crippen molar-refractivity contribution in [3.8, 4) is 0 Å². The van der Waals surface area contributed by atoms with Crippen molar-refractivity contribution >= 4 is 11.3 Å². The fourth-order valence-corrected chi connectivity index (χ4v) is 3.33. The Balaban J connectivity index is 2.05. The lowest BCUT2D eigenvalue weighted by Gasteiger charge is -2.28. The summed E-state index contributed by atoms with van der Waals surface area (Å²) in [5.41, 5.74) is 7.20. The third kappa shape index (κ3) is 2.25. The normalized spacial score (nSPS) is 29.5. The highest BCUT2D eigenvalue weighted by atomic mass is 32.1. The molecule has 0 aromatic carbocycles. The van der Waals surface area contributed by atoms with E-state index >= 15 is 0 Å². The largest absolute Gasteiger partial charge is 0.330 e. The molecule has 84 valence electrons. The molecule has 1 aromatic heterocycles. The van der Waals surface area contributed by atoms with Crippen molar-refractivity contribution in [2.75, 3.05) is 13.1 Å². The van der Waals surface area contributed by atoms with Crippen LogP contribution in [0.2, 0.25) is 0 Å². The summed E-state index contributed by atoms with van der Waals surface area (Å²) in [6, 6.07) is 3.45. The zero-order chi connectivity index (χ0) is 10.8. The summed E-state index contributed by atoms with van der Waals surface area (Å²) in [7, 11) is 0. The average molecular weight is 224 g/mol. The van der Waals surface area contributed by atoms with Gasteiger partial charge in [0.05, 0.1) is 0 Å². The molecule has 1 aliphatic rings. The van der Waals surface area contributed by atoms with Crippen molar-refractivity contribution in [1.82, 2.24) is 4.90 Å². The molecule has 3 heteroatoms. The fourth-order valence-electron chi connectivity index (χ4n) is 2.59. The van der Waals surface area contributed by atoms with Gasteiger partial charge in [-0.05, 0) is 55.1 Å². The maximum absolute atomic E-state index is 5.75. The van der Waals surface area contributed by atoms with Crippen molar-refractivity contribution < 1.29 is 0 Å². The molecule has 3 atom stereocenters. The van der Waals surface area contributed by atoms with Crippen molar-refractivity contribution in [2.24, 2.45) is 11.7 Å². The first-order chi connectivity index (χ1) is 7.22. The molecule has 0 spiro atoms. The van der Waals surface area contributed by atoms with Gasteiger partial charge in [0.25, 0.3) is 0 Å². The van der Waals surface area contributed by atoms with E-state index in [4.69, 9.17) is 5.73 Å². The van der Waals surface area contributed by atoms with Crippen LogP contribution in [0.25, 0.3) is 0 Å². The van der Waals surface area contributed by atoms with E-state index < -0.39 is 0 Å². The lowest BCUT2D eigenvalue weighted by atomic mass is 10.1. The van der Waals surface area contributed by atoms with Gasteiger partial charge in [-0.3, -0.25) is 4.90 Å². The van der Waals surface area contributed by atoms with E-state index in [1.807, 2.05) is 0 Å². The van der Waals surface area contributed by atoms with Gasteiger partial charge in [0.2, 0.25) is 0 Å². The summed E-state index contributed by atoms with van der Waals surface area (Å²) in [4.78, 5) is 2.58. The van der Waals surface area contributed by atoms with Crippen LogP contribution >= 0.6 is 11.3 Å². The summed E-state index contributed by atoms with van der Waals surface area (Å²) in [6.07, 6.45) is 1.25. The summed E-state index contributed by atoms with van der Waals surface area (Å²) in [5.74, 6) is 0.695. The lowest BCUT2D eigenvalue weighted by Crippen LogP contribution is -2.30. The minimum absolute atomic E-state index is 0.544.